The van der Waals surface area contributed by atoms with Gasteiger partial charge in [0, 0.05) is 5.92 Å². The highest BCUT2D eigenvalue weighted by molar-refractivity contribution is 4.87. The van der Waals surface area contributed by atoms with Crippen LogP contribution < -0.4 is 0 Å². The molecule has 0 radical (unpaired) electrons. The van der Waals surface area contributed by atoms with Crippen molar-refractivity contribution < 1.29 is 14.9 Å². The lowest BCUT2D eigenvalue weighted by Gasteiger charge is -2.35. The van der Waals surface area contributed by atoms with E-state index in [9.17, 15) is 10.2 Å². The van der Waals surface area contributed by atoms with Crippen LogP contribution in [0.15, 0.2) is 0 Å². The van der Waals surface area contributed by atoms with Gasteiger partial charge in [-0.25, -0.2) is 0 Å². The average molecular weight is 270 g/mol. The quantitative estimate of drug-likeness (QED) is 0.780. The molecule has 0 saturated heterocycles. The molecule has 2 N–H and O–H groups in total. The van der Waals surface area contributed by atoms with Crippen LogP contribution in [0.2, 0.25) is 0 Å². The highest BCUT2D eigenvalue weighted by atomic mass is 16.5. The summed E-state index contributed by atoms with van der Waals surface area (Å²) in [6, 6.07) is 0. The number of hydrogen-bond donors (Lipinski definition) is 2. The molecule has 2 fully saturated rings. The molecular formula is C16H30O3. The number of ether oxygens (including phenoxy) is 1. The van der Waals surface area contributed by atoms with Crippen molar-refractivity contribution in [2.24, 2.45) is 11.8 Å². The first-order valence-electron chi connectivity index (χ1n) is 8.20. The maximum Gasteiger partial charge on any atom is 0.0654 e. The van der Waals surface area contributed by atoms with Crippen molar-refractivity contribution in [1.29, 1.82) is 0 Å². The molecule has 2 aliphatic carbocycles. The lowest BCUT2D eigenvalue weighted by molar-refractivity contribution is -0.0928. The van der Waals surface area contributed by atoms with Crippen LogP contribution >= 0.6 is 0 Å². The number of hydrogen-bond acceptors (Lipinski definition) is 3. The van der Waals surface area contributed by atoms with Gasteiger partial charge in [-0.3, -0.25) is 0 Å². The third-order valence-corrected chi connectivity index (χ3v) is 5.05. The molecule has 0 aromatic carbocycles. The average Bonchev–Trinajstić information content (AvgIpc) is 2.78. The second kappa shape index (κ2) is 7.61. The Hall–Kier alpha value is -0.120. The van der Waals surface area contributed by atoms with Crippen molar-refractivity contribution in [3.8, 4) is 0 Å². The summed E-state index contributed by atoms with van der Waals surface area (Å²) in [5.74, 6) is 0.638. The van der Waals surface area contributed by atoms with Crippen LogP contribution in [0.5, 0.6) is 0 Å². The highest BCUT2D eigenvalue weighted by Crippen LogP contribution is 2.36. The van der Waals surface area contributed by atoms with Gasteiger partial charge in [-0.2, -0.15) is 0 Å². The molecule has 2 rings (SSSR count). The molecule has 3 nitrogen and oxygen atoms in total. The predicted molar refractivity (Wildman–Crippen MR) is 76.0 cm³/mol. The Bertz CT molecular complexity index is 256. The minimum atomic E-state index is -0.368. The lowest BCUT2D eigenvalue weighted by Crippen LogP contribution is -2.36. The van der Waals surface area contributed by atoms with Crippen molar-refractivity contribution in [2.75, 3.05) is 6.61 Å². The van der Waals surface area contributed by atoms with E-state index < -0.39 is 0 Å². The van der Waals surface area contributed by atoms with E-state index in [1.54, 1.807) is 0 Å². The molecule has 112 valence electrons. The Labute approximate surface area is 117 Å². The summed E-state index contributed by atoms with van der Waals surface area (Å²) in [7, 11) is 0. The molecule has 5 unspecified atom stereocenters. The zero-order valence-electron chi connectivity index (χ0n) is 12.3. The molecule has 0 heterocycles. The van der Waals surface area contributed by atoms with Gasteiger partial charge in [-0.1, -0.05) is 32.6 Å². The van der Waals surface area contributed by atoms with E-state index in [4.69, 9.17) is 4.74 Å². The van der Waals surface area contributed by atoms with Gasteiger partial charge < -0.3 is 14.9 Å². The number of rotatable bonds is 6. The summed E-state index contributed by atoms with van der Waals surface area (Å²) >= 11 is 0. The maximum atomic E-state index is 9.86. The van der Waals surface area contributed by atoms with Gasteiger partial charge in [0.15, 0.2) is 0 Å². The second-order valence-electron chi connectivity index (χ2n) is 6.39. The molecule has 0 amide bonds. The normalized spacial score (nSPS) is 39.6. The van der Waals surface area contributed by atoms with Crippen LogP contribution in [-0.4, -0.2) is 35.1 Å². The molecule has 0 spiro atoms. The minimum Gasteiger partial charge on any atom is -0.396 e. The van der Waals surface area contributed by atoms with Crippen molar-refractivity contribution in [3.63, 3.8) is 0 Å². The van der Waals surface area contributed by atoms with Gasteiger partial charge in [0.05, 0.1) is 24.9 Å². The van der Waals surface area contributed by atoms with Crippen molar-refractivity contribution >= 4 is 0 Å². The van der Waals surface area contributed by atoms with Crippen LogP contribution in [0, 0.1) is 11.8 Å². The topological polar surface area (TPSA) is 49.7 Å². The fraction of sp³-hybridized carbons (Fsp3) is 1.00. The second-order valence-corrected chi connectivity index (χ2v) is 6.39. The smallest absolute Gasteiger partial charge is 0.0654 e. The summed E-state index contributed by atoms with van der Waals surface area (Å²) in [5, 5.41) is 19.3. The van der Waals surface area contributed by atoms with Gasteiger partial charge >= 0.3 is 0 Å². The van der Waals surface area contributed by atoms with Crippen LogP contribution in [0.1, 0.15) is 64.7 Å². The van der Waals surface area contributed by atoms with E-state index in [1.165, 1.54) is 44.9 Å². The standard InChI is InChI=1S/C16H30O3/c1-2-3-6-12-7-4-5-8-15(12)19-16-10-9-14(18)13(16)11-17/h12-18H,2-11H2,1H3. The van der Waals surface area contributed by atoms with Gasteiger partial charge in [0.1, 0.15) is 0 Å². The third-order valence-electron chi connectivity index (χ3n) is 5.05. The molecular weight excluding hydrogens is 240 g/mol. The maximum absolute atomic E-state index is 9.86. The Morgan fingerprint density at radius 2 is 1.84 bits per heavy atom. The Morgan fingerprint density at radius 3 is 2.58 bits per heavy atom. The fourth-order valence-corrected chi connectivity index (χ4v) is 3.79. The predicted octanol–water partition coefficient (Wildman–Crippen LogP) is 2.88. The molecule has 19 heavy (non-hydrogen) atoms. The molecule has 0 aliphatic heterocycles. The largest absolute Gasteiger partial charge is 0.396 e. The minimum absolute atomic E-state index is 0.0537. The van der Waals surface area contributed by atoms with E-state index in [1.807, 2.05) is 0 Å². The van der Waals surface area contributed by atoms with Crippen LogP contribution in [-0.2, 0) is 4.74 Å². The molecule has 0 aromatic rings. The first-order chi connectivity index (χ1) is 9.26. The van der Waals surface area contributed by atoms with E-state index in [0.29, 0.717) is 12.0 Å². The van der Waals surface area contributed by atoms with E-state index in [-0.39, 0.29) is 24.7 Å². The molecule has 5 atom stereocenters. The lowest BCUT2D eigenvalue weighted by atomic mass is 9.83. The van der Waals surface area contributed by atoms with E-state index >= 15 is 0 Å². The number of unbranched alkanes of at least 4 members (excludes halogenated alkanes) is 1. The SMILES string of the molecule is CCCCC1CCCCC1OC1CCC(O)C1CO. The van der Waals surface area contributed by atoms with Crippen molar-refractivity contribution in [3.05, 3.63) is 0 Å². The monoisotopic (exact) mass is 270 g/mol. The first-order valence-corrected chi connectivity index (χ1v) is 8.20. The Kier molecular flexibility index (Phi) is 6.11. The molecule has 2 aliphatic rings. The molecule has 3 heteroatoms. The zero-order chi connectivity index (χ0) is 13.7. The van der Waals surface area contributed by atoms with Gasteiger partial charge in [-0.15, -0.1) is 0 Å². The fourth-order valence-electron chi connectivity index (χ4n) is 3.79. The molecule has 0 aromatic heterocycles. The van der Waals surface area contributed by atoms with Crippen LogP contribution in [0.4, 0.5) is 0 Å². The summed E-state index contributed by atoms with van der Waals surface area (Å²) in [6.45, 7) is 2.30. The van der Waals surface area contributed by atoms with Gasteiger partial charge in [0.2, 0.25) is 0 Å². The summed E-state index contributed by atoms with van der Waals surface area (Å²) in [4.78, 5) is 0. The van der Waals surface area contributed by atoms with E-state index in [0.717, 1.165) is 12.8 Å². The first kappa shape index (κ1) is 15.3. The summed E-state index contributed by atoms with van der Waals surface area (Å²) in [6.07, 6.45) is 10.7. The van der Waals surface area contributed by atoms with Crippen molar-refractivity contribution in [2.45, 2.75) is 83.0 Å². The van der Waals surface area contributed by atoms with Crippen LogP contribution in [0.25, 0.3) is 0 Å². The molecule has 2 saturated carbocycles. The number of aliphatic hydroxyl groups is 2. The van der Waals surface area contributed by atoms with Crippen LogP contribution in [0.3, 0.4) is 0 Å². The summed E-state index contributed by atoms with van der Waals surface area (Å²) < 4.78 is 6.32. The third kappa shape index (κ3) is 3.93. The van der Waals surface area contributed by atoms with Gasteiger partial charge in [-0.05, 0) is 38.0 Å². The zero-order valence-corrected chi connectivity index (χ0v) is 12.3. The van der Waals surface area contributed by atoms with E-state index in [2.05, 4.69) is 6.92 Å². The Balaban J connectivity index is 1.88. The summed E-state index contributed by atoms with van der Waals surface area (Å²) in [5.41, 5.74) is 0. The highest BCUT2D eigenvalue weighted by Gasteiger charge is 2.38. The molecule has 0 bridgehead atoms. The Morgan fingerprint density at radius 1 is 1.05 bits per heavy atom. The number of aliphatic hydroxyl groups excluding tert-OH is 2. The van der Waals surface area contributed by atoms with Crippen molar-refractivity contribution in [1.82, 2.24) is 0 Å². The van der Waals surface area contributed by atoms with Gasteiger partial charge in [0.25, 0.3) is 0 Å².